The van der Waals surface area contributed by atoms with Crippen LogP contribution >= 0.6 is 0 Å². The Balaban J connectivity index is 2.78. The summed E-state index contributed by atoms with van der Waals surface area (Å²) in [6.45, 7) is 7.02. The van der Waals surface area contributed by atoms with Crippen LogP contribution in [-0.4, -0.2) is 4.57 Å². The Bertz CT molecular complexity index is 325. The van der Waals surface area contributed by atoms with Gasteiger partial charge in [0.25, 0.3) is 5.56 Å². The molecule has 0 bridgehead atoms. The highest BCUT2D eigenvalue weighted by Gasteiger charge is 1.99. The Labute approximate surface area is 79.2 Å². The summed E-state index contributed by atoms with van der Waals surface area (Å²) in [6, 6.07) is 3.78. The first kappa shape index (κ1) is 10.0. The van der Waals surface area contributed by atoms with Gasteiger partial charge in [-0.25, -0.2) is 0 Å². The minimum atomic E-state index is 0.142. The molecular weight excluding hydrogens is 162 g/mol. The Morgan fingerprint density at radius 3 is 2.77 bits per heavy atom. The van der Waals surface area contributed by atoms with Gasteiger partial charge in [-0.3, -0.25) is 4.79 Å². The average Bonchev–Trinajstić information content (AvgIpc) is 2.07. The van der Waals surface area contributed by atoms with Crippen LogP contribution in [0.3, 0.4) is 0 Å². The zero-order chi connectivity index (χ0) is 9.84. The molecule has 0 unspecified atom stereocenters. The second kappa shape index (κ2) is 4.26. The lowest BCUT2D eigenvalue weighted by Crippen LogP contribution is -2.21. The Hall–Kier alpha value is -1.05. The van der Waals surface area contributed by atoms with Crippen LogP contribution in [0.5, 0.6) is 0 Å². The number of hydrogen-bond donors (Lipinski definition) is 0. The number of rotatable bonds is 3. The lowest BCUT2D eigenvalue weighted by molar-refractivity contribution is 0.507. The van der Waals surface area contributed by atoms with Crippen LogP contribution < -0.4 is 5.56 Å². The molecule has 2 heteroatoms. The molecule has 2 nitrogen and oxygen atoms in total. The normalized spacial score (nSPS) is 10.8. The van der Waals surface area contributed by atoms with Gasteiger partial charge in [-0.05, 0) is 25.3 Å². The van der Waals surface area contributed by atoms with Gasteiger partial charge in [0.05, 0.1) is 0 Å². The van der Waals surface area contributed by atoms with Crippen molar-refractivity contribution < 1.29 is 0 Å². The van der Waals surface area contributed by atoms with E-state index in [1.165, 1.54) is 0 Å². The third-order valence-electron chi connectivity index (χ3n) is 2.16. The predicted octanol–water partition coefficient (Wildman–Crippen LogP) is 2.20. The zero-order valence-corrected chi connectivity index (χ0v) is 8.58. The number of aryl methyl sites for hydroxylation is 2. The van der Waals surface area contributed by atoms with Gasteiger partial charge in [-0.1, -0.05) is 19.9 Å². The highest BCUT2D eigenvalue weighted by atomic mass is 16.1. The average molecular weight is 179 g/mol. The molecule has 0 aliphatic rings. The fourth-order valence-electron chi connectivity index (χ4n) is 1.23. The van der Waals surface area contributed by atoms with Crippen LogP contribution in [-0.2, 0) is 6.54 Å². The summed E-state index contributed by atoms with van der Waals surface area (Å²) in [4.78, 5) is 11.5. The molecule has 1 heterocycles. The largest absolute Gasteiger partial charge is 0.315 e. The quantitative estimate of drug-likeness (QED) is 0.697. The second-order valence-corrected chi connectivity index (χ2v) is 3.87. The third kappa shape index (κ3) is 2.72. The van der Waals surface area contributed by atoms with Gasteiger partial charge in [0.15, 0.2) is 0 Å². The number of nitrogens with zero attached hydrogens (tertiary/aromatic N) is 1. The summed E-state index contributed by atoms with van der Waals surface area (Å²) in [5, 5.41) is 0. The van der Waals surface area contributed by atoms with E-state index >= 15 is 0 Å². The van der Waals surface area contributed by atoms with Crippen molar-refractivity contribution in [1.29, 1.82) is 0 Å². The molecule has 0 aliphatic heterocycles. The van der Waals surface area contributed by atoms with E-state index in [2.05, 4.69) is 13.8 Å². The van der Waals surface area contributed by atoms with E-state index in [4.69, 9.17) is 0 Å². The van der Waals surface area contributed by atoms with E-state index in [0.29, 0.717) is 5.92 Å². The molecule has 1 aromatic rings. The first-order chi connectivity index (χ1) is 6.11. The van der Waals surface area contributed by atoms with Crippen molar-refractivity contribution in [2.45, 2.75) is 33.7 Å². The van der Waals surface area contributed by atoms with Crippen LogP contribution in [0.1, 0.15) is 25.8 Å². The fraction of sp³-hybridized carbons (Fsp3) is 0.545. The Kier molecular flexibility index (Phi) is 3.29. The summed E-state index contributed by atoms with van der Waals surface area (Å²) in [7, 11) is 0. The zero-order valence-electron chi connectivity index (χ0n) is 8.58. The van der Waals surface area contributed by atoms with E-state index < -0.39 is 0 Å². The Morgan fingerprint density at radius 1 is 1.46 bits per heavy atom. The number of aromatic nitrogens is 1. The molecule has 0 spiro atoms. The standard InChI is InChI=1S/C11H17NO/c1-9(2)6-8-12-7-4-5-10(3)11(12)13/h4-5,7,9H,6,8H2,1-3H3. The molecule has 0 saturated heterocycles. The van der Waals surface area contributed by atoms with Gasteiger partial charge in [-0.2, -0.15) is 0 Å². The molecule has 0 atom stereocenters. The first-order valence-corrected chi connectivity index (χ1v) is 4.77. The van der Waals surface area contributed by atoms with Crippen molar-refractivity contribution in [2.75, 3.05) is 0 Å². The smallest absolute Gasteiger partial charge is 0.253 e. The van der Waals surface area contributed by atoms with Crippen molar-refractivity contribution in [3.8, 4) is 0 Å². The number of pyridine rings is 1. The van der Waals surface area contributed by atoms with Crippen LogP contribution in [0.4, 0.5) is 0 Å². The molecule has 0 fully saturated rings. The van der Waals surface area contributed by atoms with Crippen molar-refractivity contribution in [3.05, 3.63) is 34.2 Å². The van der Waals surface area contributed by atoms with Crippen LogP contribution in [0.15, 0.2) is 23.1 Å². The van der Waals surface area contributed by atoms with E-state index in [1.807, 2.05) is 25.3 Å². The van der Waals surface area contributed by atoms with Crippen molar-refractivity contribution in [1.82, 2.24) is 4.57 Å². The van der Waals surface area contributed by atoms with Crippen molar-refractivity contribution in [3.63, 3.8) is 0 Å². The van der Waals surface area contributed by atoms with Crippen molar-refractivity contribution >= 4 is 0 Å². The summed E-state index contributed by atoms with van der Waals surface area (Å²) in [5.74, 6) is 0.646. The molecule has 72 valence electrons. The molecule has 0 radical (unpaired) electrons. The third-order valence-corrected chi connectivity index (χ3v) is 2.16. The van der Waals surface area contributed by atoms with Gasteiger partial charge < -0.3 is 4.57 Å². The van der Waals surface area contributed by atoms with E-state index in [-0.39, 0.29) is 5.56 Å². The molecule has 1 aromatic heterocycles. The highest BCUT2D eigenvalue weighted by molar-refractivity contribution is 5.07. The maximum absolute atomic E-state index is 11.5. The summed E-state index contributed by atoms with van der Waals surface area (Å²) in [6.07, 6.45) is 2.92. The fourth-order valence-corrected chi connectivity index (χ4v) is 1.23. The SMILES string of the molecule is Cc1cccn(CCC(C)C)c1=O. The Morgan fingerprint density at radius 2 is 2.15 bits per heavy atom. The topological polar surface area (TPSA) is 22.0 Å². The molecule has 0 amide bonds. The molecule has 0 aromatic carbocycles. The minimum Gasteiger partial charge on any atom is -0.315 e. The lowest BCUT2D eigenvalue weighted by atomic mass is 10.1. The first-order valence-electron chi connectivity index (χ1n) is 4.77. The van der Waals surface area contributed by atoms with Crippen molar-refractivity contribution in [2.24, 2.45) is 5.92 Å². The lowest BCUT2D eigenvalue weighted by Gasteiger charge is -2.07. The molecule has 0 aliphatic carbocycles. The molecule has 13 heavy (non-hydrogen) atoms. The predicted molar refractivity (Wildman–Crippen MR) is 54.9 cm³/mol. The van der Waals surface area contributed by atoms with E-state index in [1.54, 1.807) is 4.57 Å². The second-order valence-electron chi connectivity index (χ2n) is 3.87. The summed E-state index contributed by atoms with van der Waals surface area (Å²) in [5.41, 5.74) is 0.967. The maximum Gasteiger partial charge on any atom is 0.253 e. The monoisotopic (exact) mass is 179 g/mol. The van der Waals surface area contributed by atoms with Gasteiger partial charge in [0.1, 0.15) is 0 Å². The molecule has 1 rings (SSSR count). The molecular formula is C11H17NO. The van der Waals surface area contributed by atoms with Crippen LogP contribution in [0.25, 0.3) is 0 Å². The summed E-state index contributed by atoms with van der Waals surface area (Å²) >= 11 is 0. The highest BCUT2D eigenvalue weighted by Crippen LogP contribution is 2.01. The summed E-state index contributed by atoms with van der Waals surface area (Å²) < 4.78 is 1.79. The molecule has 0 saturated carbocycles. The minimum absolute atomic E-state index is 0.142. The van der Waals surface area contributed by atoms with Gasteiger partial charge in [0.2, 0.25) is 0 Å². The van der Waals surface area contributed by atoms with Gasteiger partial charge in [-0.15, -0.1) is 0 Å². The van der Waals surface area contributed by atoms with E-state index in [0.717, 1.165) is 18.5 Å². The number of hydrogen-bond acceptors (Lipinski definition) is 1. The van der Waals surface area contributed by atoms with Gasteiger partial charge >= 0.3 is 0 Å². The van der Waals surface area contributed by atoms with Crippen LogP contribution in [0.2, 0.25) is 0 Å². The van der Waals surface area contributed by atoms with E-state index in [9.17, 15) is 4.79 Å². The molecule has 0 N–H and O–H groups in total. The maximum atomic E-state index is 11.5. The van der Waals surface area contributed by atoms with Crippen LogP contribution in [0, 0.1) is 12.8 Å². The van der Waals surface area contributed by atoms with Gasteiger partial charge in [0, 0.05) is 18.3 Å².